The predicted octanol–water partition coefficient (Wildman–Crippen LogP) is 2.99. The third-order valence-corrected chi connectivity index (χ3v) is 6.77. The molecule has 1 saturated heterocycles. The van der Waals surface area contributed by atoms with Crippen molar-refractivity contribution in [1.29, 1.82) is 0 Å². The van der Waals surface area contributed by atoms with Crippen LogP contribution in [0.15, 0.2) is 6.20 Å². The zero-order valence-electron chi connectivity index (χ0n) is 10.9. The molecule has 0 spiro atoms. The molecule has 2 rings (SSSR count). The summed E-state index contributed by atoms with van der Waals surface area (Å²) < 4.78 is 0. The summed E-state index contributed by atoms with van der Waals surface area (Å²) in [4.78, 5) is 8.00. The Morgan fingerprint density at radius 2 is 2.24 bits per heavy atom. The highest BCUT2D eigenvalue weighted by molar-refractivity contribution is 8.07. The summed E-state index contributed by atoms with van der Waals surface area (Å²) in [7, 11) is 1.97. The summed E-state index contributed by atoms with van der Waals surface area (Å²) in [6.07, 6.45) is 1.96. The molecule has 0 aromatic carbocycles. The molecular formula is C12H21N3S2. The van der Waals surface area contributed by atoms with Crippen molar-refractivity contribution in [2.45, 2.75) is 42.6 Å². The second-order valence-corrected chi connectivity index (χ2v) is 7.60. The fourth-order valence-corrected chi connectivity index (χ4v) is 4.69. The van der Waals surface area contributed by atoms with Gasteiger partial charge in [-0.25, -0.2) is 4.98 Å². The molecule has 17 heavy (non-hydrogen) atoms. The van der Waals surface area contributed by atoms with Crippen LogP contribution in [0.1, 0.15) is 43.6 Å². The number of thioether (sulfide) groups is 2. The first-order valence-electron chi connectivity index (χ1n) is 6.11. The Labute approximate surface area is 112 Å². The molecule has 5 heteroatoms. The molecule has 0 bridgehead atoms. The highest BCUT2D eigenvalue weighted by Gasteiger charge is 2.28. The van der Waals surface area contributed by atoms with Crippen molar-refractivity contribution < 1.29 is 0 Å². The minimum absolute atomic E-state index is 0.342. The van der Waals surface area contributed by atoms with Gasteiger partial charge in [0, 0.05) is 28.5 Å². The van der Waals surface area contributed by atoms with Gasteiger partial charge in [0.05, 0.1) is 10.9 Å². The summed E-state index contributed by atoms with van der Waals surface area (Å²) in [5, 5.41) is 5.20. The molecule has 96 valence electrons. The van der Waals surface area contributed by atoms with Crippen LogP contribution in [0.3, 0.4) is 0 Å². The Morgan fingerprint density at radius 3 is 2.88 bits per heavy atom. The molecular weight excluding hydrogens is 250 g/mol. The van der Waals surface area contributed by atoms with Crippen molar-refractivity contribution >= 4 is 23.5 Å². The summed E-state index contributed by atoms with van der Waals surface area (Å²) in [5.74, 6) is 2.30. The summed E-state index contributed by atoms with van der Waals surface area (Å²) in [6.45, 7) is 6.77. The first-order valence-corrected chi connectivity index (χ1v) is 8.10. The van der Waals surface area contributed by atoms with E-state index in [1.807, 2.05) is 25.0 Å². The van der Waals surface area contributed by atoms with E-state index in [4.69, 9.17) is 0 Å². The monoisotopic (exact) mass is 271 g/mol. The van der Waals surface area contributed by atoms with Crippen LogP contribution in [0.25, 0.3) is 0 Å². The predicted molar refractivity (Wildman–Crippen MR) is 77.8 cm³/mol. The molecule has 0 amide bonds. The van der Waals surface area contributed by atoms with Gasteiger partial charge in [-0.15, -0.1) is 11.8 Å². The molecule has 2 N–H and O–H groups in total. The largest absolute Gasteiger partial charge is 0.344 e. The van der Waals surface area contributed by atoms with E-state index in [-0.39, 0.29) is 0 Å². The average Bonchev–Trinajstić information content (AvgIpc) is 2.81. The van der Waals surface area contributed by atoms with Crippen LogP contribution < -0.4 is 5.32 Å². The lowest BCUT2D eigenvalue weighted by molar-refractivity contribution is 0.634. The molecule has 1 aromatic heterocycles. The number of nitrogens with one attached hydrogen (secondary N) is 2. The number of nitrogens with zero attached hydrogens (tertiary/aromatic N) is 1. The van der Waals surface area contributed by atoms with Crippen LogP contribution in [0.5, 0.6) is 0 Å². The maximum Gasteiger partial charge on any atom is 0.120 e. The average molecular weight is 271 g/mol. The SMILES string of the molecule is CNC(C)c1cnc(C2CSC(C)C(C)S2)[nH]1. The highest BCUT2D eigenvalue weighted by atomic mass is 32.2. The lowest BCUT2D eigenvalue weighted by atomic mass is 10.3. The maximum absolute atomic E-state index is 4.54. The normalized spacial score (nSPS) is 31.4. The van der Waals surface area contributed by atoms with E-state index in [2.05, 4.69) is 47.8 Å². The smallest absolute Gasteiger partial charge is 0.120 e. The minimum atomic E-state index is 0.342. The number of imidazole rings is 1. The van der Waals surface area contributed by atoms with E-state index < -0.39 is 0 Å². The fraction of sp³-hybridized carbons (Fsp3) is 0.750. The molecule has 3 nitrogen and oxygen atoms in total. The van der Waals surface area contributed by atoms with Crippen LogP contribution in [-0.4, -0.2) is 33.3 Å². The van der Waals surface area contributed by atoms with E-state index in [0.717, 1.165) is 16.8 Å². The van der Waals surface area contributed by atoms with E-state index >= 15 is 0 Å². The number of rotatable bonds is 3. The lowest BCUT2D eigenvalue weighted by Crippen LogP contribution is -2.22. The number of H-pyrrole nitrogens is 1. The quantitative estimate of drug-likeness (QED) is 0.887. The van der Waals surface area contributed by atoms with Gasteiger partial charge < -0.3 is 10.3 Å². The van der Waals surface area contributed by atoms with E-state index in [1.54, 1.807) is 0 Å². The van der Waals surface area contributed by atoms with Gasteiger partial charge in [0.25, 0.3) is 0 Å². The molecule has 1 fully saturated rings. The van der Waals surface area contributed by atoms with E-state index in [0.29, 0.717) is 16.5 Å². The van der Waals surface area contributed by atoms with Gasteiger partial charge in [-0.1, -0.05) is 13.8 Å². The Balaban J connectivity index is 2.05. The van der Waals surface area contributed by atoms with Crippen molar-refractivity contribution in [2.24, 2.45) is 0 Å². The number of aromatic amines is 1. The van der Waals surface area contributed by atoms with Crippen molar-refractivity contribution in [3.8, 4) is 0 Å². The number of hydrogen-bond acceptors (Lipinski definition) is 4. The van der Waals surface area contributed by atoms with Crippen molar-refractivity contribution in [1.82, 2.24) is 15.3 Å². The molecule has 1 aliphatic heterocycles. The van der Waals surface area contributed by atoms with Gasteiger partial charge in [0.2, 0.25) is 0 Å². The van der Waals surface area contributed by atoms with Gasteiger partial charge in [0.15, 0.2) is 0 Å². The van der Waals surface area contributed by atoms with E-state index in [1.165, 1.54) is 5.69 Å². The standard InChI is InChI=1S/C12H21N3S2/c1-7(13-4)10-5-14-12(15-10)11-6-16-8(2)9(3)17-11/h5,7-9,11,13H,6H2,1-4H3,(H,14,15). The number of aromatic nitrogens is 2. The van der Waals surface area contributed by atoms with Gasteiger partial charge in [-0.3, -0.25) is 0 Å². The third kappa shape index (κ3) is 3.01. The Bertz CT molecular complexity index is 366. The molecule has 2 heterocycles. The van der Waals surface area contributed by atoms with Crippen molar-refractivity contribution in [3.05, 3.63) is 17.7 Å². The zero-order valence-corrected chi connectivity index (χ0v) is 12.5. The van der Waals surface area contributed by atoms with Crippen LogP contribution in [0.4, 0.5) is 0 Å². The van der Waals surface area contributed by atoms with Crippen LogP contribution in [0, 0.1) is 0 Å². The van der Waals surface area contributed by atoms with Crippen molar-refractivity contribution in [2.75, 3.05) is 12.8 Å². The third-order valence-electron chi connectivity index (χ3n) is 3.37. The van der Waals surface area contributed by atoms with E-state index in [9.17, 15) is 0 Å². The van der Waals surface area contributed by atoms with Gasteiger partial charge in [-0.05, 0) is 14.0 Å². The first kappa shape index (κ1) is 13.3. The minimum Gasteiger partial charge on any atom is -0.344 e. The van der Waals surface area contributed by atoms with Crippen molar-refractivity contribution in [3.63, 3.8) is 0 Å². The Kier molecular flexibility index (Phi) is 4.44. The zero-order chi connectivity index (χ0) is 12.4. The first-order chi connectivity index (χ1) is 8.11. The molecule has 1 aromatic rings. The molecule has 0 radical (unpaired) electrons. The summed E-state index contributed by atoms with van der Waals surface area (Å²) in [6, 6.07) is 0.342. The molecule has 1 aliphatic rings. The summed E-state index contributed by atoms with van der Waals surface area (Å²) >= 11 is 4.10. The molecule has 4 atom stereocenters. The summed E-state index contributed by atoms with van der Waals surface area (Å²) in [5.41, 5.74) is 1.18. The number of hydrogen-bond donors (Lipinski definition) is 2. The molecule has 4 unspecified atom stereocenters. The Hall–Kier alpha value is -0.130. The van der Waals surface area contributed by atoms with Crippen LogP contribution in [0.2, 0.25) is 0 Å². The second-order valence-electron chi connectivity index (χ2n) is 4.60. The van der Waals surface area contributed by atoms with Gasteiger partial charge in [-0.2, -0.15) is 11.8 Å². The van der Waals surface area contributed by atoms with Gasteiger partial charge >= 0.3 is 0 Å². The maximum atomic E-state index is 4.54. The fourth-order valence-electron chi connectivity index (χ4n) is 1.82. The highest BCUT2D eigenvalue weighted by Crippen LogP contribution is 2.43. The second kappa shape index (κ2) is 5.67. The molecule has 0 saturated carbocycles. The van der Waals surface area contributed by atoms with Gasteiger partial charge in [0.1, 0.15) is 5.82 Å². The lowest BCUT2D eigenvalue weighted by Gasteiger charge is -2.30. The Morgan fingerprint density at radius 1 is 1.47 bits per heavy atom. The molecule has 0 aliphatic carbocycles. The van der Waals surface area contributed by atoms with Crippen LogP contribution >= 0.6 is 23.5 Å². The van der Waals surface area contributed by atoms with Crippen LogP contribution in [-0.2, 0) is 0 Å². The topological polar surface area (TPSA) is 40.7 Å².